The van der Waals surface area contributed by atoms with E-state index in [4.69, 9.17) is 0 Å². The van der Waals surface area contributed by atoms with Crippen LogP contribution in [-0.4, -0.2) is 32.0 Å². The van der Waals surface area contributed by atoms with Crippen LogP contribution in [0.15, 0.2) is 24.3 Å². The van der Waals surface area contributed by atoms with Gasteiger partial charge in [-0.2, -0.15) is 20.4 Å². The molecule has 0 amide bonds. The minimum atomic E-state index is 0.0941. The first-order valence-electron chi connectivity index (χ1n) is 9.15. The first-order chi connectivity index (χ1) is 12.5. The predicted octanol–water partition coefficient (Wildman–Crippen LogP) is 2.97. The highest BCUT2D eigenvalue weighted by Crippen LogP contribution is 2.39. The van der Waals surface area contributed by atoms with E-state index in [1.165, 1.54) is 0 Å². The van der Waals surface area contributed by atoms with Gasteiger partial charge in [-0.25, -0.2) is 0 Å². The van der Waals surface area contributed by atoms with Crippen molar-refractivity contribution < 1.29 is 9.59 Å². The van der Waals surface area contributed by atoms with Crippen molar-refractivity contribution in [2.24, 2.45) is 0 Å². The lowest BCUT2D eigenvalue weighted by atomic mass is 9.78. The maximum absolute atomic E-state index is 11.2. The molecule has 0 aliphatic heterocycles. The first kappa shape index (κ1) is 18.3. The number of aromatic nitrogens is 4. The maximum atomic E-state index is 11.2. The Balaban J connectivity index is 1.67. The molecule has 0 saturated heterocycles. The summed E-state index contributed by atoms with van der Waals surface area (Å²) in [5.74, 6) is 0.894. The van der Waals surface area contributed by atoms with Crippen molar-refractivity contribution in [3.8, 4) is 0 Å². The monoisotopic (exact) mass is 352 g/mol. The molecule has 26 heavy (non-hydrogen) atoms. The topological polar surface area (TPSA) is 85.7 Å². The largest absolute Gasteiger partial charge is 0.300 e. The van der Waals surface area contributed by atoms with Crippen LogP contribution in [0.5, 0.6) is 0 Å². The fourth-order valence-electron chi connectivity index (χ4n) is 3.60. The van der Waals surface area contributed by atoms with Crippen LogP contribution in [0.2, 0.25) is 0 Å². The lowest BCUT2D eigenvalue weighted by molar-refractivity contribution is -0.117. The minimum Gasteiger partial charge on any atom is -0.300 e. The molecule has 0 radical (unpaired) electrons. The van der Waals surface area contributed by atoms with E-state index in [9.17, 15) is 9.59 Å². The summed E-state index contributed by atoms with van der Waals surface area (Å²) in [7, 11) is 0. The molecule has 1 fully saturated rings. The zero-order valence-electron chi connectivity index (χ0n) is 15.3. The number of carbonyl (C=O) groups excluding carboxylic acids is 2. The standard InChI is InChI=1S/C20H24N4O2/c1-13(25)10-17-6-8-19(23-21-17)15-4-3-5-16(12-15)20-9-7-18(22-24-20)11-14(2)26/h6-9,15-16H,3-5,10-12H2,1-2H3/t15-,16+. The van der Waals surface area contributed by atoms with Gasteiger partial charge in [0.25, 0.3) is 0 Å². The van der Waals surface area contributed by atoms with E-state index in [-0.39, 0.29) is 11.6 Å². The van der Waals surface area contributed by atoms with Crippen LogP contribution in [0, 0.1) is 0 Å². The van der Waals surface area contributed by atoms with E-state index in [2.05, 4.69) is 20.4 Å². The molecule has 6 heteroatoms. The quantitative estimate of drug-likeness (QED) is 0.794. The van der Waals surface area contributed by atoms with Crippen molar-refractivity contribution in [3.63, 3.8) is 0 Å². The second-order valence-electron chi connectivity index (χ2n) is 7.22. The molecule has 2 atom stereocenters. The number of ketones is 2. The number of hydrogen-bond acceptors (Lipinski definition) is 6. The molecule has 0 aromatic carbocycles. The van der Waals surface area contributed by atoms with Gasteiger partial charge in [0.2, 0.25) is 0 Å². The highest BCUT2D eigenvalue weighted by Gasteiger charge is 2.26. The SMILES string of the molecule is CC(=O)Cc1ccc([C@@H]2CCC[C@H](c3ccc(CC(C)=O)nn3)C2)nn1. The van der Waals surface area contributed by atoms with Crippen molar-refractivity contribution in [2.75, 3.05) is 0 Å². The third kappa shape index (κ3) is 4.77. The molecule has 2 aromatic heterocycles. The Kier molecular flexibility index (Phi) is 5.81. The summed E-state index contributed by atoms with van der Waals surface area (Å²) in [6.45, 7) is 3.12. The summed E-state index contributed by atoms with van der Waals surface area (Å²) in [6.07, 6.45) is 4.94. The van der Waals surface area contributed by atoms with Crippen LogP contribution in [0.1, 0.15) is 74.1 Å². The third-order valence-corrected chi connectivity index (χ3v) is 4.85. The van der Waals surface area contributed by atoms with Gasteiger partial charge in [0.15, 0.2) is 0 Å². The van der Waals surface area contributed by atoms with Crippen LogP contribution in [0.25, 0.3) is 0 Å². The van der Waals surface area contributed by atoms with E-state index in [0.717, 1.165) is 48.5 Å². The smallest absolute Gasteiger partial charge is 0.135 e. The second-order valence-corrected chi connectivity index (χ2v) is 7.22. The van der Waals surface area contributed by atoms with Crippen LogP contribution in [0.3, 0.4) is 0 Å². The van der Waals surface area contributed by atoms with Crippen LogP contribution >= 0.6 is 0 Å². The Hall–Kier alpha value is -2.50. The average Bonchev–Trinajstić information content (AvgIpc) is 2.62. The van der Waals surface area contributed by atoms with Crippen molar-refractivity contribution >= 4 is 11.6 Å². The Labute approximate surface area is 153 Å². The molecule has 1 saturated carbocycles. The molecule has 2 aromatic rings. The van der Waals surface area contributed by atoms with Gasteiger partial charge in [-0.1, -0.05) is 6.42 Å². The third-order valence-electron chi connectivity index (χ3n) is 4.85. The second kappa shape index (κ2) is 8.25. The zero-order valence-corrected chi connectivity index (χ0v) is 15.3. The van der Waals surface area contributed by atoms with E-state index >= 15 is 0 Å². The predicted molar refractivity (Wildman–Crippen MR) is 96.8 cm³/mol. The van der Waals surface area contributed by atoms with Gasteiger partial charge in [-0.05, 0) is 57.4 Å². The fraction of sp³-hybridized carbons (Fsp3) is 0.500. The highest BCUT2D eigenvalue weighted by atomic mass is 16.1. The molecule has 0 bridgehead atoms. The molecule has 1 aliphatic rings. The van der Waals surface area contributed by atoms with Gasteiger partial charge in [0, 0.05) is 11.8 Å². The molecular formula is C20H24N4O2. The molecule has 0 unspecified atom stereocenters. The Morgan fingerprint density at radius 1 is 0.808 bits per heavy atom. The summed E-state index contributed by atoms with van der Waals surface area (Å²) in [5, 5.41) is 17.1. The lowest BCUT2D eigenvalue weighted by Gasteiger charge is -2.28. The molecule has 3 rings (SSSR count). The van der Waals surface area contributed by atoms with Crippen LogP contribution < -0.4 is 0 Å². The van der Waals surface area contributed by atoms with Crippen molar-refractivity contribution in [2.45, 2.75) is 64.2 Å². The van der Waals surface area contributed by atoms with E-state index < -0.39 is 0 Å². The summed E-state index contributed by atoms with van der Waals surface area (Å²) >= 11 is 0. The number of rotatable bonds is 6. The Morgan fingerprint density at radius 3 is 1.62 bits per heavy atom. The summed E-state index contributed by atoms with van der Waals surface area (Å²) in [6, 6.07) is 7.81. The van der Waals surface area contributed by atoms with E-state index in [0.29, 0.717) is 24.7 Å². The van der Waals surface area contributed by atoms with Crippen molar-refractivity contribution in [1.29, 1.82) is 0 Å². The van der Waals surface area contributed by atoms with E-state index in [1.807, 2.05) is 24.3 Å². The van der Waals surface area contributed by atoms with Gasteiger partial charge < -0.3 is 0 Å². The van der Waals surface area contributed by atoms with Gasteiger partial charge in [-0.15, -0.1) is 0 Å². The normalized spacial score (nSPS) is 19.9. The van der Waals surface area contributed by atoms with Crippen LogP contribution in [-0.2, 0) is 22.4 Å². The number of nitrogens with zero attached hydrogens (tertiary/aromatic N) is 4. The number of carbonyl (C=O) groups is 2. The first-order valence-corrected chi connectivity index (χ1v) is 9.15. The van der Waals surface area contributed by atoms with Gasteiger partial charge in [0.1, 0.15) is 11.6 Å². The number of Topliss-reactive ketones (excluding diaryl/α,β-unsaturated/α-hetero) is 2. The van der Waals surface area contributed by atoms with Crippen LogP contribution in [0.4, 0.5) is 0 Å². The number of hydrogen-bond donors (Lipinski definition) is 0. The van der Waals surface area contributed by atoms with Gasteiger partial charge >= 0.3 is 0 Å². The minimum absolute atomic E-state index is 0.0941. The maximum Gasteiger partial charge on any atom is 0.135 e. The summed E-state index contributed by atoms with van der Waals surface area (Å²) in [4.78, 5) is 22.4. The van der Waals surface area contributed by atoms with E-state index in [1.54, 1.807) is 13.8 Å². The Bertz CT molecular complexity index is 706. The fourth-order valence-corrected chi connectivity index (χ4v) is 3.60. The molecule has 136 valence electrons. The Morgan fingerprint density at radius 2 is 1.27 bits per heavy atom. The van der Waals surface area contributed by atoms with Crippen molar-refractivity contribution in [1.82, 2.24) is 20.4 Å². The summed E-state index contributed by atoms with van der Waals surface area (Å²) < 4.78 is 0. The molecule has 1 aliphatic carbocycles. The molecule has 2 heterocycles. The summed E-state index contributed by atoms with van der Waals surface area (Å²) in [5.41, 5.74) is 3.42. The molecular weight excluding hydrogens is 328 g/mol. The molecule has 0 spiro atoms. The molecule has 6 nitrogen and oxygen atoms in total. The average molecular weight is 352 g/mol. The van der Waals surface area contributed by atoms with Gasteiger partial charge in [0.05, 0.1) is 35.6 Å². The van der Waals surface area contributed by atoms with Crippen molar-refractivity contribution in [3.05, 3.63) is 47.0 Å². The van der Waals surface area contributed by atoms with Gasteiger partial charge in [-0.3, -0.25) is 9.59 Å². The molecule has 0 N–H and O–H groups in total. The lowest BCUT2D eigenvalue weighted by Crippen LogP contribution is -2.16. The zero-order chi connectivity index (χ0) is 18.5. The highest BCUT2D eigenvalue weighted by molar-refractivity contribution is 5.77.